The lowest BCUT2D eigenvalue weighted by Crippen LogP contribution is -2.33. The van der Waals surface area contributed by atoms with Crippen LogP contribution < -0.4 is 9.47 Å². The molecular formula is C26H30N2O5. The Bertz CT molecular complexity index is 1070. The van der Waals surface area contributed by atoms with Gasteiger partial charge in [-0.25, -0.2) is 0 Å². The van der Waals surface area contributed by atoms with Gasteiger partial charge in [0.15, 0.2) is 11.5 Å². The van der Waals surface area contributed by atoms with Crippen LogP contribution >= 0.6 is 0 Å². The standard InChI is InChI=1S/C26H30N2O5/c1-4-27(5-2)13-6-14-28-23(18-9-7-17(3)8-10-18)22(25(30)26(28)31)24(29)19-11-12-20-21(15-19)33-16-32-20/h7-12,15,23,29H,4-6,13-14,16H2,1-3H3/b24-22+. The lowest BCUT2D eigenvalue weighted by molar-refractivity contribution is -0.140. The Morgan fingerprint density at radius 2 is 1.76 bits per heavy atom. The average Bonchev–Trinajstić information content (AvgIpc) is 3.39. The van der Waals surface area contributed by atoms with Gasteiger partial charge in [0.2, 0.25) is 6.79 Å². The summed E-state index contributed by atoms with van der Waals surface area (Å²) >= 11 is 0. The van der Waals surface area contributed by atoms with Gasteiger partial charge >= 0.3 is 0 Å². The summed E-state index contributed by atoms with van der Waals surface area (Å²) in [4.78, 5) is 30.1. The molecule has 0 spiro atoms. The highest BCUT2D eigenvalue weighted by Gasteiger charge is 2.45. The van der Waals surface area contributed by atoms with E-state index in [0.29, 0.717) is 23.6 Å². The summed E-state index contributed by atoms with van der Waals surface area (Å²) in [6, 6.07) is 12.1. The molecule has 4 rings (SSSR count). The third-order valence-corrected chi connectivity index (χ3v) is 6.35. The Balaban J connectivity index is 1.72. The van der Waals surface area contributed by atoms with Crippen LogP contribution in [0.25, 0.3) is 5.76 Å². The summed E-state index contributed by atoms with van der Waals surface area (Å²) in [5.41, 5.74) is 2.39. The normalized spacial score (nSPS) is 19.0. The third-order valence-electron chi connectivity index (χ3n) is 6.35. The first-order chi connectivity index (χ1) is 15.9. The molecule has 1 N–H and O–H groups in total. The van der Waals surface area contributed by atoms with Gasteiger partial charge in [-0.1, -0.05) is 43.7 Å². The number of likely N-dealkylation sites (tertiary alicyclic amines) is 1. The molecular weight excluding hydrogens is 420 g/mol. The maximum absolute atomic E-state index is 13.1. The fraction of sp³-hybridized carbons (Fsp3) is 0.385. The van der Waals surface area contributed by atoms with Crippen molar-refractivity contribution in [1.82, 2.24) is 9.80 Å². The number of aryl methyl sites for hydroxylation is 1. The number of carbonyl (C=O) groups excluding carboxylic acids is 2. The van der Waals surface area contributed by atoms with E-state index in [1.165, 1.54) is 0 Å². The van der Waals surface area contributed by atoms with Crippen molar-refractivity contribution in [2.75, 3.05) is 33.0 Å². The molecule has 0 aromatic heterocycles. The number of hydrogen-bond donors (Lipinski definition) is 1. The van der Waals surface area contributed by atoms with Crippen LogP contribution in [0.4, 0.5) is 0 Å². The van der Waals surface area contributed by atoms with Gasteiger partial charge in [-0.15, -0.1) is 0 Å². The number of amides is 1. The number of Topliss-reactive ketones (excluding diaryl/α,β-unsaturated/α-hetero) is 1. The van der Waals surface area contributed by atoms with E-state index >= 15 is 0 Å². The molecule has 0 aliphatic carbocycles. The van der Waals surface area contributed by atoms with Crippen LogP contribution in [0, 0.1) is 6.92 Å². The molecule has 174 valence electrons. The number of benzene rings is 2. The summed E-state index contributed by atoms with van der Waals surface area (Å²) in [6.07, 6.45) is 0.737. The molecule has 1 saturated heterocycles. The van der Waals surface area contributed by atoms with Crippen LogP contribution in [0.1, 0.15) is 43.0 Å². The number of fused-ring (bicyclic) bond motifs is 1. The van der Waals surface area contributed by atoms with Crippen molar-refractivity contribution in [1.29, 1.82) is 0 Å². The number of aliphatic hydroxyl groups excluding tert-OH is 1. The Morgan fingerprint density at radius 1 is 1.06 bits per heavy atom. The van der Waals surface area contributed by atoms with E-state index in [2.05, 4.69) is 18.7 Å². The molecule has 0 radical (unpaired) electrons. The fourth-order valence-electron chi connectivity index (χ4n) is 4.41. The van der Waals surface area contributed by atoms with E-state index in [1.54, 1.807) is 23.1 Å². The zero-order valence-electron chi connectivity index (χ0n) is 19.3. The minimum Gasteiger partial charge on any atom is -0.507 e. The molecule has 2 aliphatic heterocycles. The van der Waals surface area contributed by atoms with E-state index in [1.807, 2.05) is 31.2 Å². The van der Waals surface area contributed by atoms with Crippen molar-refractivity contribution in [3.05, 3.63) is 64.7 Å². The lowest BCUT2D eigenvalue weighted by atomic mass is 9.94. The summed E-state index contributed by atoms with van der Waals surface area (Å²) in [5.74, 6) is -0.373. The maximum atomic E-state index is 13.1. The van der Waals surface area contributed by atoms with Crippen molar-refractivity contribution in [3.8, 4) is 11.5 Å². The zero-order chi connectivity index (χ0) is 23.5. The monoisotopic (exact) mass is 450 g/mol. The van der Waals surface area contributed by atoms with Crippen molar-refractivity contribution >= 4 is 17.4 Å². The van der Waals surface area contributed by atoms with E-state index < -0.39 is 17.7 Å². The second-order valence-electron chi connectivity index (χ2n) is 8.35. The lowest BCUT2D eigenvalue weighted by Gasteiger charge is -2.27. The molecule has 2 aromatic rings. The highest BCUT2D eigenvalue weighted by Crippen LogP contribution is 2.41. The fourth-order valence-corrected chi connectivity index (χ4v) is 4.41. The molecule has 0 bridgehead atoms. The molecule has 0 saturated carbocycles. The molecule has 33 heavy (non-hydrogen) atoms. The van der Waals surface area contributed by atoms with Crippen LogP contribution in [-0.2, 0) is 9.59 Å². The maximum Gasteiger partial charge on any atom is 0.295 e. The summed E-state index contributed by atoms with van der Waals surface area (Å²) in [5, 5.41) is 11.2. The van der Waals surface area contributed by atoms with Crippen molar-refractivity contribution in [3.63, 3.8) is 0 Å². The van der Waals surface area contributed by atoms with Crippen molar-refractivity contribution in [2.24, 2.45) is 0 Å². The van der Waals surface area contributed by atoms with Gasteiger partial charge in [0, 0.05) is 12.1 Å². The topological polar surface area (TPSA) is 79.3 Å². The second-order valence-corrected chi connectivity index (χ2v) is 8.35. The van der Waals surface area contributed by atoms with Gasteiger partial charge in [-0.2, -0.15) is 0 Å². The number of carbonyl (C=O) groups is 2. The Labute approximate surface area is 194 Å². The van der Waals surface area contributed by atoms with E-state index in [4.69, 9.17) is 9.47 Å². The Morgan fingerprint density at radius 3 is 2.45 bits per heavy atom. The Hall–Kier alpha value is -3.32. The van der Waals surface area contributed by atoms with E-state index in [0.717, 1.165) is 37.2 Å². The molecule has 2 aliphatic rings. The Kier molecular flexibility index (Phi) is 6.70. The summed E-state index contributed by atoms with van der Waals surface area (Å²) in [7, 11) is 0. The van der Waals surface area contributed by atoms with Crippen LogP contribution in [0.2, 0.25) is 0 Å². The highest BCUT2D eigenvalue weighted by atomic mass is 16.7. The van der Waals surface area contributed by atoms with E-state index in [-0.39, 0.29) is 18.1 Å². The number of hydrogen-bond acceptors (Lipinski definition) is 6. The largest absolute Gasteiger partial charge is 0.507 e. The highest BCUT2D eigenvalue weighted by molar-refractivity contribution is 6.46. The molecule has 1 unspecified atom stereocenters. The first-order valence-electron chi connectivity index (χ1n) is 11.4. The van der Waals surface area contributed by atoms with Crippen molar-refractivity contribution < 1.29 is 24.2 Å². The predicted octanol–water partition coefficient (Wildman–Crippen LogP) is 3.88. The average molecular weight is 451 g/mol. The van der Waals surface area contributed by atoms with Crippen LogP contribution in [0.3, 0.4) is 0 Å². The quantitative estimate of drug-likeness (QED) is 0.374. The number of nitrogens with zero attached hydrogens (tertiary/aromatic N) is 2. The molecule has 1 amide bonds. The second kappa shape index (κ2) is 9.67. The first-order valence-corrected chi connectivity index (χ1v) is 11.4. The SMILES string of the molecule is CCN(CC)CCCN1C(=O)C(=O)/C(=C(/O)c2ccc3c(c2)OCO3)C1c1ccc(C)cc1. The molecule has 2 aromatic carbocycles. The minimum atomic E-state index is -0.668. The third kappa shape index (κ3) is 4.46. The predicted molar refractivity (Wildman–Crippen MR) is 125 cm³/mol. The first kappa shape index (κ1) is 22.9. The van der Waals surface area contributed by atoms with Gasteiger partial charge < -0.3 is 24.4 Å². The smallest absolute Gasteiger partial charge is 0.295 e. The van der Waals surface area contributed by atoms with E-state index in [9.17, 15) is 14.7 Å². The molecule has 2 heterocycles. The molecule has 7 heteroatoms. The molecule has 1 atom stereocenters. The molecule has 1 fully saturated rings. The van der Waals surface area contributed by atoms with Crippen LogP contribution in [0.15, 0.2) is 48.0 Å². The van der Waals surface area contributed by atoms with Crippen LogP contribution in [0.5, 0.6) is 11.5 Å². The van der Waals surface area contributed by atoms with Crippen molar-refractivity contribution in [2.45, 2.75) is 33.2 Å². The van der Waals surface area contributed by atoms with Gasteiger partial charge in [0.25, 0.3) is 11.7 Å². The number of ether oxygens (including phenoxy) is 2. The van der Waals surface area contributed by atoms with Gasteiger partial charge in [0.1, 0.15) is 5.76 Å². The summed E-state index contributed by atoms with van der Waals surface area (Å²) in [6.45, 7) is 9.43. The summed E-state index contributed by atoms with van der Waals surface area (Å²) < 4.78 is 10.8. The van der Waals surface area contributed by atoms with Crippen LogP contribution in [-0.4, -0.2) is 59.6 Å². The van der Waals surface area contributed by atoms with Gasteiger partial charge in [-0.3, -0.25) is 9.59 Å². The number of aliphatic hydroxyl groups is 1. The number of ketones is 1. The minimum absolute atomic E-state index is 0.102. The van der Waals surface area contributed by atoms with Gasteiger partial charge in [-0.05, 0) is 56.7 Å². The zero-order valence-corrected chi connectivity index (χ0v) is 19.3. The van der Waals surface area contributed by atoms with Gasteiger partial charge in [0.05, 0.1) is 11.6 Å². The molecule has 7 nitrogen and oxygen atoms in total. The number of rotatable bonds is 8.